The molecule has 18 heavy (non-hydrogen) atoms. The summed E-state index contributed by atoms with van der Waals surface area (Å²) in [5, 5.41) is 7.55. The first-order valence-corrected chi connectivity index (χ1v) is 6.89. The van der Waals surface area contributed by atoms with Crippen LogP contribution in [-0.4, -0.2) is 23.9 Å². The summed E-state index contributed by atoms with van der Waals surface area (Å²) < 4.78 is 0. The SMILES string of the molecule is CC(C)(C)NC(=O)CCCNC(=O)c1cccs1. The molecule has 100 valence electrons. The van der Waals surface area contributed by atoms with Crippen LogP contribution >= 0.6 is 11.3 Å². The number of hydrogen-bond acceptors (Lipinski definition) is 3. The third-order valence-corrected chi connectivity index (χ3v) is 2.99. The average Bonchev–Trinajstić information content (AvgIpc) is 2.74. The molecule has 0 radical (unpaired) electrons. The molecule has 2 amide bonds. The minimum atomic E-state index is -0.197. The number of carbonyl (C=O) groups excluding carboxylic acids is 2. The van der Waals surface area contributed by atoms with Crippen molar-refractivity contribution >= 4 is 23.2 Å². The summed E-state index contributed by atoms with van der Waals surface area (Å²) in [7, 11) is 0. The van der Waals surface area contributed by atoms with Crippen molar-refractivity contribution in [2.75, 3.05) is 6.54 Å². The predicted octanol–water partition coefficient (Wildman–Crippen LogP) is 2.17. The number of rotatable bonds is 5. The molecule has 1 rings (SSSR count). The van der Waals surface area contributed by atoms with Crippen LogP contribution in [0, 0.1) is 0 Å². The molecule has 0 spiro atoms. The highest BCUT2D eigenvalue weighted by Gasteiger charge is 2.13. The van der Waals surface area contributed by atoms with E-state index in [9.17, 15) is 9.59 Å². The van der Waals surface area contributed by atoms with Gasteiger partial charge in [-0.15, -0.1) is 11.3 Å². The molecule has 2 N–H and O–H groups in total. The lowest BCUT2D eigenvalue weighted by Gasteiger charge is -2.20. The normalized spacial score (nSPS) is 11.1. The molecule has 5 heteroatoms. The predicted molar refractivity (Wildman–Crippen MR) is 73.8 cm³/mol. The zero-order chi connectivity index (χ0) is 13.6. The molecule has 1 aromatic heterocycles. The highest BCUT2D eigenvalue weighted by Crippen LogP contribution is 2.07. The zero-order valence-corrected chi connectivity index (χ0v) is 11.9. The van der Waals surface area contributed by atoms with Crippen LogP contribution in [0.1, 0.15) is 43.3 Å². The van der Waals surface area contributed by atoms with Crippen LogP contribution in [0.25, 0.3) is 0 Å². The Labute approximate surface area is 112 Å². The Morgan fingerprint density at radius 1 is 1.33 bits per heavy atom. The van der Waals surface area contributed by atoms with Crippen molar-refractivity contribution in [1.82, 2.24) is 10.6 Å². The second-order valence-corrected chi connectivity index (χ2v) is 6.08. The average molecular weight is 268 g/mol. The molecular formula is C13H20N2O2S. The monoisotopic (exact) mass is 268 g/mol. The van der Waals surface area contributed by atoms with Crippen LogP contribution in [0.15, 0.2) is 17.5 Å². The Morgan fingerprint density at radius 2 is 2.06 bits per heavy atom. The summed E-state index contributed by atoms with van der Waals surface area (Å²) >= 11 is 1.41. The number of amides is 2. The van der Waals surface area contributed by atoms with Gasteiger partial charge in [-0.05, 0) is 38.6 Å². The van der Waals surface area contributed by atoms with E-state index in [0.29, 0.717) is 24.3 Å². The van der Waals surface area contributed by atoms with E-state index in [1.807, 2.05) is 32.2 Å². The Kier molecular flexibility index (Phi) is 5.34. The second kappa shape index (κ2) is 6.54. The van der Waals surface area contributed by atoms with Gasteiger partial charge in [0.1, 0.15) is 0 Å². The van der Waals surface area contributed by atoms with Gasteiger partial charge in [-0.25, -0.2) is 0 Å². The first-order valence-electron chi connectivity index (χ1n) is 6.01. The number of carbonyl (C=O) groups is 2. The van der Waals surface area contributed by atoms with Gasteiger partial charge in [-0.1, -0.05) is 6.07 Å². The van der Waals surface area contributed by atoms with E-state index in [1.165, 1.54) is 11.3 Å². The zero-order valence-electron chi connectivity index (χ0n) is 11.1. The maximum Gasteiger partial charge on any atom is 0.261 e. The Balaban J connectivity index is 2.16. The van der Waals surface area contributed by atoms with Crippen LogP contribution in [0.3, 0.4) is 0 Å². The van der Waals surface area contributed by atoms with E-state index in [-0.39, 0.29) is 17.4 Å². The highest BCUT2D eigenvalue weighted by atomic mass is 32.1. The van der Waals surface area contributed by atoms with Gasteiger partial charge >= 0.3 is 0 Å². The van der Waals surface area contributed by atoms with Gasteiger partial charge in [0.05, 0.1) is 4.88 Å². The quantitative estimate of drug-likeness (QED) is 0.804. The largest absolute Gasteiger partial charge is 0.352 e. The minimum Gasteiger partial charge on any atom is -0.352 e. The lowest BCUT2D eigenvalue weighted by atomic mass is 10.1. The first kappa shape index (κ1) is 14.7. The molecule has 4 nitrogen and oxygen atoms in total. The van der Waals surface area contributed by atoms with E-state index in [0.717, 1.165) is 0 Å². The number of nitrogens with one attached hydrogen (secondary N) is 2. The van der Waals surface area contributed by atoms with E-state index in [1.54, 1.807) is 6.07 Å². The fourth-order valence-electron chi connectivity index (χ4n) is 1.43. The van der Waals surface area contributed by atoms with Crippen LogP contribution < -0.4 is 10.6 Å². The lowest BCUT2D eigenvalue weighted by molar-refractivity contribution is -0.122. The molecule has 0 aliphatic carbocycles. The minimum absolute atomic E-state index is 0.0212. The molecule has 0 aliphatic heterocycles. The molecule has 0 bridgehead atoms. The molecule has 0 aliphatic rings. The molecule has 1 heterocycles. The summed E-state index contributed by atoms with van der Waals surface area (Å²) in [6.45, 7) is 6.37. The van der Waals surface area contributed by atoms with E-state index in [2.05, 4.69) is 10.6 Å². The maximum atomic E-state index is 11.6. The van der Waals surface area contributed by atoms with Crippen molar-refractivity contribution in [2.24, 2.45) is 0 Å². The third-order valence-electron chi connectivity index (χ3n) is 2.13. The van der Waals surface area contributed by atoms with E-state index < -0.39 is 0 Å². The summed E-state index contributed by atoms with van der Waals surface area (Å²) in [6.07, 6.45) is 1.08. The van der Waals surface area contributed by atoms with Crippen molar-refractivity contribution in [3.8, 4) is 0 Å². The summed E-state index contributed by atoms with van der Waals surface area (Å²) in [4.78, 5) is 23.8. The number of hydrogen-bond donors (Lipinski definition) is 2. The Bertz CT molecular complexity index is 394. The second-order valence-electron chi connectivity index (χ2n) is 5.13. The fourth-order valence-corrected chi connectivity index (χ4v) is 2.07. The maximum absolute atomic E-state index is 11.6. The Morgan fingerprint density at radius 3 is 2.61 bits per heavy atom. The summed E-state index contributed by atoms with van der Waals surface area (Å²) in [5.41, 5.74) is -0.197. The smallest absolute Gasteiger partial charge is 0.261 e. The van der Waals surface area contributed by atoms with Crippen LogP contribution in [0.5, 0.6) is 0 Å². The van der Waals surface area contributed by atoms with Crippen LogP contribution in [0.2, 0.25) is 0 Å². The van der Waals surface area contributed by atoms with Crippen molar-refractivity contribution in [2.45, 2.75) is 39.2 Å². The van der Waals surface area contributed by atoms with E-state index in [4.69, 9.17) is 0 Å². The fraction of sp³-hybridized carbons (Fsp3) is 0.538. The molecule has 0 fully saturated rings. The summed E-state index contributed by atoms with van der Waals surface area (Å²) in [5.74, 6) is -0.0471. The van der Waals surface area contributed by atoms with Gasteiger partial charge < -0.3 is 10.6 Å². The highest BCUT2D eigenvalue weighted by molar-refractivity contribution is 7.12. The van der Waals surface area contributed by atoms with Crippen LogP contribution in [-0.2, 0) is 4.79 Å². The Hall–Kier alpha value is -1.36. The van der Waals surface area contributed by atoms with Gasteiger partial charge in [0.2, 0.25) is 5.91 Å². The first-order chi connectivity index (χ1) is 8.38. The van der Waals surface area contributed by atoms with Crippen molar-refractivity contribution in [1.29, 1.82) is 0 Å². The van der Waals surface area contributed by atoms with Crippen LogP contribution in [0.4, 0.5) is 0 Å². The van der Waals surface area contributed by atoms with Gasteiger partial charge in [0, 0.05) is 18.5 Å². The molecule has 0 saturated carbocycles. The molecule has 0 unspecified atom stereocenters. The van der Waals surface area contributed by atoms with Gasteiger partial charge in [0.15, 0.2) is 0 Å². The van der Waals surface area contributed by atoms with Gasteiger partial charge in [-0.3, -0.25) is 9.59 Å². The topological polar surface area (TPSA) is 58.2 Å². The van der Waals surface area contributed by atoms with Gasteiger partial charge in [-0.2, -0.15) is 0 Å². The van der Waals surface area contributed by atoms with Crippen molar-refractivity contribution in [3.63, 3.8) is 0 Å². The third kappa shape index (κ3) is 5.82. The van der Waals surface area contributed by atoms with Gasteiger partial charge in [0.25, 0.3) is 5.91 Å². The molecule has 0 saturated heterocycles. The van der Waals surface area contributed by atoms with E-state index >= 15 is 0 Å². The molecule has 1 aromatic rings. The summed E-state index contributed by atoms with van der Waals surface area (Å²) in [6, 6.07) is 3.63. The molecule has 0 atom stereocenters. The van der Waals surface area contributed by atoms with Crippen molar-refractivity contribution in [3.05, 3.63) is 22.4 Å². The molecule has 0 aromatic carbocycles. The van der Waals surface area contributed by atoms with Crippen molar-refractivity contribution < 1.29 is 9.59 Å². The standard InChI is InChI=1S/C13H20N2O2S/c1-13(2,3)15-11(16)7-4-8-14-12(17)10-6-5-9-18-10/h5-6,9H,4,7-8H2,1-3H3,(H,14,17)(H,15,16). The molecular weight excluding hydrogens is 248 g/mol. The lowest BCUT2D eigenvalue weighted by Crippen LogP contribution is -2.40. The number of thiophene rings is 1.